The normalized spacial score (nSPS) is 10.5. The average Bonchev–Trinajstić information content (AvgIpc) is 2.48. The Morgan fingerprint density at radius 1 is 1.29 bits per heavy atom. The summed E-state index contributed by atoms with van der Waals surface area (Å²) in [5.74, 6) is 0. The Labute approximate surface area is 98.9 Å². The highest BCUT2D eigenvalue weighted by atomic mass is 79.9. The molecule has 0 aliphatic carbocycles. The molecular formula is C9H4BrCl2NO. The van der Waals surface area contributed by atoms with E-state index in [0.29, 0.717) is 15.2 Å². The van der Waals surface area contributed by atoms with Crippen molar-refractivity contribution in [2.24, 2.45) is 0 Å². The molecule has 1 aromatic carbocycles. The number of benzene rings is 1. The molecule has 2 rings (SSSR count). The second kappa shape index (κ2) is 3.93. The summed E-state index contributed by atoms with van der Waals surface area (Å²) in [4.78, 5) is 0. The van der Waals surface area contributed by atoms with Gasteiger partial charge in [0.05, 0.1) is 0 Å². The smallest absolute Gasteiger partial charge is 0.240 e. The Balaban J connectivity index is 2.55. The first-order valence-electron chi connectivity index (χ1n) is 3.75. The van der Waals surface area contributed by atoms with Gasteiger partial charge in [0.15, 0.2) is 0 Å². The van der Waals surface area contributed by atoms with Gasteiger partial charge >= 0.3 is 0 Å². The number of nitrogens with zero attached hydrogens (tertiary/aromatic N) is 1. The van der Waals surface area contributed by atoms with E-state index in [1.54, 1.807) is 12.1 Å². The molecule has 0 unspecified atom stereocenters. The minimum absolute atomic E-state index is 0.236. The fourth-order valence-electron chi connectivity index (χ4n) is 1.07. The summed E-state index contributed by atoms with van der Waals surface area (Å²) in [7, 11) is 0. The predicted molar refractivity (Wildman–Crippen MR) is 59.7 cm³/mol. The minimum Gasteiger partial charge on any atom is -0.343 e. The molecule has 2 aromatic rings. The molecule has 0 saturated carbocycles. The van der Waals surface area contributed by atoms with Gasteiger partial charge in [-0.05, 0) is 39.7 Å². The van der Waals surface area contributed by atoms with Crippen molar-refractivity contribution in [3.05, 3.63) is 39.0 Å². The molecule has 0 fully saturated rings. The molecule has 0 saturated heterocycles. The first-order valence-corrected chi connectivity index (χ1v) is 5.30. The van der Waals surface area contributed by atoms with E-state index >= 15 is 0 Å². The van der Waals surface area contributed by atoms with Crippen LogP contribution in [0.25, 0.3) is 11.3 Å². The fraction of sp³-hybridized carbons (Fsp3) is 0. The van der Waals surface area contributed by atoms with Crippen LogP contribution in [-0.4, -0.2) is 5.16 Å². The number of halogens is 3. The molecule has 1 aromatic heterocycles. The fourth-order valence-corrected chi connectivity index (χ4v) is 1.76. The van der Waals surface area contributed by atoms with Crippen molar-refractivity contribution in [3.63, 3.8) is 0 Å². The van der Waals surface area contributed by atoms with E-state index in [2.05, 4.69) is 21.1 Å². The Morgan fingerprint density at radius 2 is 2.07 bits per heavy atom. The van der Waals surface area contributed by atoms with Gasteiger partial charge in [0.2, 0.25) is 5.22 Å². The van der Waals surface area contributed by atoms with Crippen molar-refractivity contribution < 1.29 is 4.52 Å². The molecule has 0 aliphatic rings. The Bertz CT molecular complexity index is 470. The summed E-state index contributed by atoms with van der Waals surface area (Å²) in [5.41, 5.74) is 1.51. The zero-order chi connectivity index (χ0) is 10.1. The quantitative estimate of drug-likeness (QED) is 0.778. The van der Waals surface area contributed by atoms with Crippen LogP contribution in [0.2, 0.25) is 10.2 Å². The van der Waals surface area contributed by atoms with Crippen molar-refractivity contribution in [2.75, 3.05) is 0 Å². The second-order valence-electron chi connectivity index (χ2n) is 2.63. The third-order valence-corrected chi connectivity index (χ3v) is 3.15. The lowest BCUT2D eigenvalue weighted by Gasteiger charge is -1.96. The highest BCUT2D eigenvalue weighted by Crippen LogP contribution is 2.33. The summed E-state index contributed by atoms with van der Waals surface area (Å²) >= 11 is 14.8. The van der Waals surface area contributed by atoms with Crippen LogP contribution in [0.5, 0.6) is 0 Å². The van der Waals surface area contributed by atoms with Crippen LogP contribution < -0.4 is 0 Å². The molecule has 14 heavy (non-hydrogen) atoms. The molecular weight excluding hydrogens is 289 g/mol. The number of hydrogen-bond acceptors (Lipinski definition) is 2. The van der Waals surface area contributed by atoms with Gasteiger partial charge in [-0.1, -0.05) is 28.9 Å². The van der Waals surface area contributed by atoms with Gasteiger partial charge in [-0.3, -0.25) is 0 Å². The van der Waals surface area contributed by atoms with Gasteiger partial charge < -0.3 is 4.52 Å². The number of aromatic nitrogens is 1. The lowest BCUT2D eigenvalue weighted by Crippen LogP contribution is -1.77. The summed E-state index contributed by atoms with van der Waals surface area (Å²) < 4.78 is 5.46. The third-order valence-electron chi connectivity index (χ3n) is 1.70. The van der Waals surface area contributed by atoms with E-state index in [0.717, 1.165) is 5.56 Å². The first kappa shape index (κ1) is 10.0. The van der Waals surface area contributed by atoms with E-state index in [1.165, 1.54) is 0 Å². The maximum atomic E-state index is 5.85. The van der Waals surface area contributed by atoms with Gasteiger partial charge in [0, 0.05) is 10.6 Å². The lowest BCUT2D eigenvalue weighted by atomic mass is 10.2. The van der Waals surface area contributed by atoms with Crippen LogP contribution in [0.4, 0.5) is 0 Å². The Kier molecular flexibility index (Phi) is 2.81. The van der Waals surface area contributed by atoms with E-state index in [9.17, 15) is 0 Å². The van der Waals surface area contributed by atoms with Gasteiger partial charge in [-0.2, -0.15) is 0 Å². The molecule has 5 heteroatoms. The SMILES string of the molecule is Clc1cccc(-c2noc(Cl)c2Br)c1. The number of hydrogen-bond donors (Lipinski definition) is 0. The average molecular weight is 293 g/mol. The highest BCUT2D eigenvalue weighted by Gasteiger charge is 2.13. The van der Waals surface area contributed by atoms with Crippen LogP contribution in [-0.2, 0) is 0 Å². The van der Waals surface area contributed by atoms with Crippen molar-refractivity contribution in [1.82, 2.24) is 5.16 Å². The first-order chi connectivity index (χ1) is 6.68. The summed E-state index contributed by atoms with van der Waals surface area (Å²) in [6.45, 7) is 0. The molecule has 72 valence electrons. The van der Waals surface area contributed by atoms with Crippen LogP contribution in [0.15, 0.2) is 33.3 Å². The van der Waals surface area contributed by atoms with Crippen molar-refractivity contribution in [1.29, 1.82) is 0 Å². The molecule has 2 nitrogen and oxygen atoms in total. The molecule has 0 bridgehead atoms. The van der Waals surface area contributed by atoms with Crippen LogP contribution in [0.3, 0.4) is 0 Å². The molecule has 0 amide bonds. The van der Waals surface area contributed by atoms with Gasteiger partial charge in [-0.25, -0.2) is 0 Å². The van der Waals surface area contributed by atoms with Crippen molar-refractivity contribution in [3.8, 4) is 11.3 Å². The largest absolute Gasteiger partial charge is 0.343 e. The highest BCUT2D eigenvalue weighted by molar-refractivity contribution is 9.10. The maximum absolute atomic E-state index is 5.85. The number of rotatable bonds is 1. The molecule has 0 spiro atoms. The lowest BCUT2D eigenvalue weighted by molar-refractivity contribution is 0.423. The van der Waals surface area contributed by atoms with E-state index < -0.39 is 0 Å². The van der Waals surface area contributed by atoms with Crippen LogP contribution in [0.1, 0.15) is 0 Å². The Morgan fingerprint density at radius 3 is 2.64 bits per heavy atom. The standard InChI is InChI=1S/C9H4BrCl2NO/c10-7-8(13-14-9(7)12)5-2-1-3-6(11)4-5/h1-4H. The summed E-state index contributed by atoms with van der Waals surface area (Å²) in [6, 6.07) is 7.30. The van der Waals surface area contributed by atoms with Gasteiger partial charge in [-0.15, -0.1) is 0 Å². The predicted octanol–water partition coefficient (Wildman–Crippen LogP) is 4.41. The van der Waals surface area contributed by atoms with Crippen molar-refractivity contribution >= 4 is 39.1 Å². The Hall–Kier alpha value is -0.510. The molecule has 0 aliphatic heterocycles. The maximum Gasteiger partial charge on any atom is 0.240 e. The third kappa shape index (κ3) is 1.80. The summed E-state index contributed by atoms with van der Waals surface area (Å²) in [6.07, 6.45) is 0. The molecule has 0 N–H and O–H groups in total. The summed E-state index contributed by atoms with van der Waals surface area (Å²) in [5, 5.41) is 4.70. The van der Waals surface area contributed by atoms with Gasteiger partial charge in [0.1, 0.15) is 10.2 Å². The van der Waals surface area contributed by atoms with Gasteiger partial charge in [0.25, 0.3) is 0 Å². The molecule has 0 atom stereocenters. The monoisotopic (exact) mass is 291 g/mol. The van der Waals surface area contributed by atoms with E-state index in [1.807, 2.05) is 12.1 Å². The minimum atomic E-state index is 0.236. The topological polar surface area (TPSA) is 26.0 Å². The zero-order valence-electron chi connectivity index (χ0n) is 6.80. The molecule has 0 radical (unpaired) electrons. The van der Waals surface area contributed by atoms with Crippen LogP contribution >= 0.6 is 39.1 Å². The second-order valence-corrected chi connectivity index (χ2v) is 4.20. The van der Waals surface area contributed by atoms with E-state index in [-0.39, 0.29) is 5.22 Å². The zero-order valence-corrected chi connectivity index (χ0v) is 9.90. The van der Waals surface area contributed by atoms with E-state index in [4.69, 9.17) is 27.7 Å². The molecule has 1 heterocycles. The van der Waals surface area contributed by atoms with Crippen LogP contribution in [0, 0.1) is 0 Å². The van der Waals surface area contributed by atoms with Crippen molar-refractivity contribution in [2.45, 2.75) is 0 Å².